The highest BCUT2D eigenvalue weighted by Gasteiger charge is 2.16. The minimum Gasteiger partial charge on any atom is -0.478 e. The number of carboxylic acids is 1. The number of aromatic carboxylic acids is 1. The molecule has 0 amide bonds. The van der Waals surface area contributed by atoms with Crippen LogP contribution >= 0.6 is 11.3 Å². The van der Waals surface area contributed by atoms with Crippen LogP contribution in [0.5, 0.6) is 0 Å². The maximum absolute atomic E-state index is 10.8. The van der Waals surface area contributed by atoms with Crippen molar-refractivity contribution in [1.29, 1.82) is 0 Å². The predicted molar refractivity (Wildman–Crippen MR) is 78.1 cm³/mol. The smallest absolute Gasteiger partial charge is 0.336 e. The zero-order chi connectivity index (χ0) is 14.5. The fraction of sp³-hybridized carbons (Fsp3) is 0.357. The molecule has 0 fully saturated rings. The van der Waals surface area contributed by atoms with Crippen LogP contribution in [0.2, 0.25) is 0 Å². The lowest BCUT2D eigenvalue weighted by atomic mass is 10.2. The monoisotopic (exact) mass is 294 g/mol. The molecular formula is C14H18N2O3S. The van der Waals surface area contributed by atoms with Gasteiger partial charge in [0.15, 0.2) is 0 Å². The van der Waals surface area contributed by atoms with E-state index in [4.69, 9.17) is 9.52 Å². The minimum atomic E-state index is -0.880. The molecule has 2 rings (SSSR count). The molecule has 2 aromatic rings. The number of thiophene rings is 1. The molecule has 2 N–H and O–H groups in total. The number of carbonyl (C=O) groups is 1. The number of rotatable bonds is 7. The van der Waals surface area contributed by atoms with Gasteiger partial charge in [-0.15, -0.1) is 11.3 Å². The van der Waals surface area contributed by atoms with Crippen molar-refractivity contribution in [3.63, 3.8) is 0 Å². The average molecular weight is 294 g/mol. The second-order valence-corrected chi connectivity index (χ2v) is 5.73. The lowest BCUT2D eigenvalue weighted by molar-refractivity contribution is 0.0697. The summed E-state index contributed by atoms with van der Waals surface area (Å²) < 4.78 is 5.44. The third kappa shape index (κ3) is 3.69. The van der Waals surface area contributed by atoms with E-state index in [1.54, 1.807) is 17.7 Å². The third-order valence-electron chi connectivity index (χ3n) is 3.03. The van der Waals surface area contributed by atoms with Crippen LogP contribution in [0, 0.1) is 0 Å². The number of nitrogens with zero attached hydrogens (tertiary/aromatic N) is 1. The lowest BCUT2D eigenvalue weighted by Gasteiger charge is -2.22. The number of nitrogens with one attached hydrogen (secondary N) is 1. The van der Waals surface area contributed by atoms with Gasteiger partial charge in [0.1, 0.15) is 5.76 Å². The largest absolute Gasteiger partial charge is 0.478 e. The molecule has 20 heavy (non-hydrogen) atoms. The Kier molecular flexibility index (Phi) is 4.94. The van der Waals surface area contributed by atoms with E-state index in [1.165, 1.54) is 11.3 Å². The summed E-state index contributed by atoms with van der Waals surface area (Å²) in [4.78, 5) is 13.9. The molecule has 0 aliphatic rings. The summed E-state index contributed by atoms with van der Waals surface area (Å²) in [5, 5.41) is 13.9. The molecule has 0 radical (unpaired) electrons. The van der Waals surface area contributed by atoms with Crippen LogP contribution in [0.25, 0.3) is 0 Å². The standard InChI is InChI=1S/C14H18N2O3S/c1-16(2)12(13-4-3-5-19-13)8-15-7-11-6-10(9-20-11)14(17)18/h3-6,9,12,15H,7-8H2,1-2H3,(H,17,18). The van der Waals surface area contributed by atoms with Crippen molar-refractivity contribution < 1.29 is 14.3 Å². The Balaban J connectivity index is 1.88. The quantitative estimate of drug-likeness (QED) is 0.821. The Hall–Kier alpha value is -1.63. The first-order valence-corrected chi connectivity index (χ1v) is 7.17. The van der Waals surface area contributed by atoms with E-state index in [0.717, 1.165) is 17.2 Å². The average Bonchev–Trinajstić information content (AvgIpc) is 3.05. The highest BCUT2D eigenvalue weighted by Crippen LogP contribution is 2.18. The highest BCUT2D eigenvalue weighted by atomic mass is 32.1. The van der Waals surface area contributed by atoms with Gasteiger partial charge in [0.25, 0.3) is 0 Å². The Labute approximate surface area is 121 Å². The molecule has 2 heterocycles. The van der Waals surface area contributed by atoms with Crippen molar-refractivity contribution in [2.45, 2.75) is 12.6 Å². The molecule has 1 unspecified atom stereocenters. The molecule has 1 atom stereocenters. The SMILES string of the molecule is CN(C)C(CNCc1cc(C(=O)O)cs1)c1ccco1. The molecule has 0 aromatic carbocycles. The van der Waals surface area contributed by atoms with Gasteiger partial charge in [-0.1, -0.05) is 0 Å². The number of hydrogen-bond acceptors (Lipinski definition) is 5. The number of likely N-dealkylation sites (N-methyl/N-ethyl adjacent to an activating group) is 1. The summed E-state index contributed by atoms with van der Waals surface area (Å²) in [6, 6.07) is 5.70. The first-order valence-electron chi connectivity index (χ1n) is 6.29. The zero-order valence-corrected chi connectivity index (χ0v) is 12.3. The Bertz CT molecular complexity index is 549. The third-order valence-corrected chi connectivity index (χ3v) is 3.97. The van der Waals surface area contributed by atoms with Crippen LogP contribution < -0.4 is 5.32 Å². The van der Waals surface area contributed by atoms with E-state index in [2.05, 4.69) is 10.2 Å². The van der Waals surface area contributed by atoms with Crippen molar-refractivity contribution >= 4 is 17.3 Å². The summed E-state index contributed by atoms with van der Waals surface area (Å²) in [5.41, 5.74) is 0.349. The van der Waals surface area contributed by atoms with Crippen LogP contribution in [-0.2, 0) is 6.54 Å². The molecule has 0 saturated heterocycles. The molecule has 0 bridgehead atoms. The van der Waals surface area contributed by atoms with Gasteiger partial charge in [-0.05, 0) is 32.3 Å². The summed E-state index contributed by atoms with van der Waals surface area (Å²) >= 11 is 1.46. The molecular weight excluding hydrogens is 276 g/mol. The fourth-order valence-electron chi connectivity index (χ4n) is 1.94. The van der Waals surface area contributed by atoms with E-state index in [0.29, 0.717) is 12.1 Å². The van der Waals surface area contributed by atoms with Crippen LogP contribution in [0.4, 0.5) is 0 Å². The summed E-state index contributed by atoms with van der Waals surface area (Å²) in [6.45, 7) is 1.39. The van der Waals surface area contributed by atoms with Crippen molar-refractivity contribution in [1.82, 2.24) is 10.2 Å². The molecule has 0 aliphatic heterocycles. The first kappa shape index (κ1) is 14.8. The molecule has 6 heteroatoms. The summed E-state index contributed by atoms with van der Waals surface area (Å²) in [5.74, 6) is 0.0363. The maximum atomic E-state index is 10.8. The van der Waals surface area contributed by atoms with Gasteiger partial charge in [-0.2, -0.15) is 0 Å². The van der Waals surface area contributed by atoms with Crippen LogP contribution in [0.1, 0.15) is 27.0 Å². The van der Waals surface area contributed by atoms with E-state index in [-0.39, 0.29) is 6.04 Å². The summed E-state index contributed by atoms with van der Waals surface area (Å²) in [6.07, 6.45) is 1.67. The molecule has 2 aromatic heterocycles. The molecule has 0 spiro atoms. The highest BCUT2D eigenvalue weighted by molar-refractivity contribution is 7.10. The fourth-order valence-corrected chi connectivity index (χ4v) is 2.76. The van der Waals surface area contributed by atoms with Crippen LogP contribution in [-0.4, -0.2) is 36.6 Å². The van der Waals surface area contributed by atoms with Crippen molar-refractivity contribution in [3.8, 4) is 0 Å². The first-order chi connectivity index (χ1) is 9.58. The minimum absolute atomic E-state index is 0.156. The van der Waals surface area contributed by atoms with Gasteiger partial charge in [0.2, 0.25) is 0 Å². The summed E-state index contributed by atoms with van der Waals surface area (Å²) in [7, 11) is 4.01. The lowest BCUT2D eigenvalue weighted by Crippen LogP contribution is -2.30. The van der Waals surface area contributed by atoms with Crippen LogP contribution in [0.15, 0.2) is 34.3 Å². The van der Waals surface area contributed by atoms with E-state index >= 15 is 0 Å². The zero-order valence-electron chi connectivity index (χ0n) is 11.5. The Morgan fingerprint density at radius 3 is 2.90 bits per heavy atom. The van der Waals surface area contributed by atoms with E-state index < -0.39 is 5.97 Å². The Morgan fingerprint density at radius 2 is 2.35 bits per heavy atom. The normalized spacial score (nSPS) is 12.8. The molecule has 0 saturated carbocycles. The second-order valence-electron chi connectivity index (χ2n) is 4.73. The number of carboxylic acid groups (broad SMARTS) is 1. The second kappa shape index (κ2) is 6.69. The van der Waals surface area contributed by atoms with Crippen molar-refractivity contribution in [3.05, 3.63) is 46.0 Å². The topological polar surface area (TPSA) is 65.7 Å². The molecule has 5 nitrogen and oxygen atoms in total. The van der Waals surface area contributed by atoms with Gasteiger partial charge in [-0.25, -0.2) is 4.79 Å². The van der Waals surface area contributed by atoms with E-state index in [1.807, 2.05) is 26.2 Å². The van der Waals surface area contributed by atoms with Gasteiger partial charge < -0.3 is 14.8 Å². The van der Waals surface area contributed by atoms with E-state index in [9.17, 15) is 4.79 Å². The Morgan fingerprint density at radius 1 is 1.55 bits per heavy atom. The van der Waals surface area contributed by atoms with Crippen LogP contribution in [0.3, 0.4) is 0 Å². The van der Waals surface area contributed by atoms with Gasteiger partial charge in [-0.3, -0.25) is 4.90 Å². The van der Waals surface area contributed by atoms with Gasteiger partial charge >= 0.3 is 5.97 Å². The van der Waals surface area contributed by atoms with Crippen molar-refractivity contribution in [2.24, 2.45) is 0 Å². The van der Waals surface area contributed by atoms with Crippen molar-refractivity contribution in [2.75, 3.05) is 20.6 Å². The number of furan rings is 1. The molecule has 0 aliphatic carbocycles. The van der Waals surface area contributed by atoms with Gasteiger partial charge in [0.05, 0.1) is 17.9 Å². The number of hydrogen-bond donors (Lipinski definition) is 2. The maximum Gasteiger partial charge on any atom is 0.336 e. The predicted octanol–water partition coefficient (Wildman–Crippen LogP) is 2.43. The van der Waals surface area contributed by atoms with Gasteiger partial charge in [0, 0.05) is 23.3 Å². The molecule has 108 valence electrons.